The van der Waals surface area contributed by atoms with Crippen molar-refractivity contribution >= 4 is 43.5 Å². The molecule has 0 saturated carbocycles. The van der Waals surface area contributed by atoms with Gasteiger partial charge in [0.25, 0.3) is 10.0 Å². The van der Waals surface area contributed by atoms with Crippen molar-refractivity contribution in [2.24, 2.45) is 0 Å². The van der Waals surface area contributed by atoms with Gasteiger partial charge in [0.05, 0.1) is 10.6 Å². The highest BCUT2D eigenvalue weighted by Crippen LogP contribution is 2.25. The third-order valence-corrected chi connectivity index (χ3v) is 7.93. The molecular weight excluding hydrogens is 530 g/mol. The highest BCUT2D eigenvalue weighted by atomic mass is 79.9. The number of hydrogen-bond acceptors (Lipinski definition) is 4. The van der Waals surface area contributed by atoms with Gasteiger partial charge in [-0.2, -0.15) is 0 Å². The summed E-state index contributed by atoms with van der Waals surface area (Å²) in [5, 5.41) is 2.57. The average Bonchev–Trinajstić information content (AvgIpc) is 2.87. The van der Waals surface area contributed by atoms with E-state index in [1.807, 2.05) is 31.2 Å². The predicted molar refractivity (Wildman–Crippen MR) is 140 cm³/mol. The van der Waals surface area contributed by atoms with Gasteiger partial charge in [0, 0.05) is 18.1 Å². The maximum Gasteiger partial charge on any atom is 0.264 e. The number of rotatable bonds is 9. The van der Waals surface area contributed by atoms with Gasteiger partial charge in [-0.25, -0.2) is 8.42 Å². The van der Waals surface area contributed by atoms with Gasteiger partial charge in [0.1, 0.15) is 12.6 Å². The smallest absolute Gasteiger partial charge is 0.264 e. The van der Waals surface area contributed by atoms with E-state index in [0.717, 1.165) is 19.9 Å². The number of likely N-dealkylation sites (N-methyl/N-ethyl adjacent to an activating group) is 1. The molecule has 184 valence electrons. The minimum atomic E-state index is -4.05. The van der Waals surface area contributed by atoms with Crippen LogP contribution in [0.25, 0.3) is 0 Å². The molecule has 35 heavy (non-hydrogen) atoms. The van der Waals surface area contributed by atoms with Gasteiger partial charge in [-0.3, -0.25) is 13.9 Å². The Bertz CT molecular complexity index is 1260. The van der Waals surface area contributed by atoms with E-state index in [1.165, 1.54) is 24.1 Å². The summed E-state index contributed by atoms with van der Waals surface area (Å²) in [6.07, 6.45) is 0. The zero-order chi connectivity index (χ0) is 25.6. The normalized spacial score (nSPS) is 12.0. The Labute approximate surface area is 214 Å². The lowest BCUT2D eigenvalue weighted by Crippen LogP contribution is -2.50. The van der Waals surface area contributed by atoms with E-state index in [2.05, 4.69) is 21.2 Å². The second kappa shape index (κ2) is 11.5. The monoisotopic (exact) mass is 557 g/mol. The quantitative estimate of drug-likeness (QED) is 0.428. The van der Waals surface area contributed by atoms with E-state index in [0.29, 0.717) is 5.69 Å². The molecular formula is C26H28BrN3O4S. The third-order valence-electron chi connectivity index (χ3n) is 5.61. The third kappa shape index (κ3) is 6.49. The maximum atomic E-state index is 13.6. The molecule has 0 aromatic heterocycles. The first-order valence-corrected chi connectivity index (χ1v) is 13.3. The summed E-state index contributed by atoms with van der Waals surface area (Å²) in [6, 6.07) is 21.5. The lowest BCUT2D eigenvalue weighted by Gasteiger charge is -2.31. The number of aryl methyl sites for hydroxylation is 1. The Balaban J connectivity index is 2.00. The minimum Gasteiger partial charge on any atom is -0.357 e. The van der Waals surface area contributed by atoms with Crippen LogP contribution in [0.2, 0.25) is 0 Å². The summed E-state index contributed by atoms with van der Waals surface area (Å²) >= 11 is 3.39. The topological polar surface area (TPSA) is 86.8 Å². The number of carbonyl (C=O) groups is 2. The first-order valence-electron chi connectivity index (χ1n) is 11.0. The highest BCUT2D eigenvalue weighted by Gasteiger charge is 2.32. The Kier molecular flexibility index (Phi) is 8.69. The van der Waals surface area contributed by atoms with Crippen LogP contribution in [0.4, 0.5) is 5.69 Å². The molecule has 2 amide bonds. The van der Waals surface area contributed by atoms with E-state index in [4.69, 9.17) is 0 Å². The Morgan fingerprint density at radius 3 is 2.11 bits per heavy atom. The standard InChI is InChI=1S/C26H28BrN3O4S/c1-19-9-15-23(16-10-19)30(35(33,34)24-7-5-4-6-8-24)18-25(31)29(20(2)26(32)28-3)17-21-11-13-22(27)14-12-21/h4-16,20H,17-18H2,1-3H3,(H,28,32). The summed E-state index contributed by atoms with van der Waals surface area (Å²) in [7, 11) is -2.55. The summed E-state index contributed by atoms with van der Waals surface area (Å²) in [6.45, 7) is 3.21. The van der Waals surface area contributed by atoms with Crippen molar-refractivity contribution in [2.45, 2.75) is 31.3 Å². The summed E-state index contributed by atoms with van der Waals surface area (Å²) in [4.78, 5) is 27.6. The van der Waals surface area contributed by atoms with Crippen LogP contribution < -0.4 is 9.62 Å². The van der Waals surface area contributed by atoms with E-state index < -0.39 is 28.5 Å². The van der Waals surface area contributed by atoms with Gasteiger partial charge in [0.2, 0.25) is 11.8 Å². The first kappa shape index (κ1) is 26.4. The molecule has 0 bridgehead atoms. The maximum absolute atomic E-state index is 13.6. The Morgan fingerprint density at radius 2 is 1.54 bits per heavy atom. The first-order chi connectivity index (χ1) is 16.6. The van der Waals surface area contributed by atoms with Crippen LogP contribution in [0.5, 0.6) is 0 Å². The highest BCUT2D eigenvalue weighted by molar-refractivity contribution is 9.10. The van der Waals surface area contributed by atoms with Gasteiger partial charge in [0.15, 0.2) is 0 Å². The van der Waals surface area contributed by atoms with Crippen LogP contribution in [0.1, 0.15) is 18.1 Å². The van der Waals surface area contributed by atoms with Crippen LogP contribution in [0.15, 0.2) is 88.2 Å². The second-order valence-corrected chi connectivity index (χ2v) is 10.9. The second-order valence-electron chi connectivity index (χ2n) is 8.10. The van der Waals surface area contributed by atoms with E-state index in [9.17, 15) is 18.0 Å². The van der Waals surface area contributed by atoms with Gasteiger partial charge in [-0.15, -0.1) is 0 Å². The molecule has 0 aliphatic heterocycles. The molecule has 1 atom stereocenters. The van der Waals surface area contributed by atoms with Crippen molar-refractivity contribution in [3.8, 4) is 0 Å². The predicted octanol–water partition coefficient (Wildman–Crippen LogP) is 4.12. The van der Waals surface area contributed by atoms with Crippen molar-refractivity contribution in [3.63, 3.8) is 0 Å². The minimum absolute atomic E-state index is 0.0761. The molecule has 9 heteroatoms. The number of amides is 2. The molecule has 0 saturated heterocycles. The van der Waals surface area contributed by atoms with Gasteiger partial charge >= 0.3 is 0 Å². The Morgan fingerprint density at radius 1 is 0.943 bits per heavy atom. The number of nitrogens with one attached hydrogen (secondary N) is 1. The number of benzene rings is 3. The van der Waals surface area contributed by atoms with Gasteiger partial charge in [-0.05, 0) is 55.8 Å². The molecule has 0 radical (unpaired) electrons. The molecule has 0 fully saturated rings. The molecule has 3 aromatic carbocycles. The van der Waals surface area contributed by atoms with E-state index in [-0.39, 0.29) is 17.3 Å². The average molecular weight is 558 g/mol. The lowest BCUT2D eigenvalue weighted by molar-refractivity contribution is -0.139. The van der Waals surface area contributed by atoms with Crippen molar-refractivity contribution < 1.29 is 18.0 Å². The van der Waals surface area contributed by atoms with Crippen LogP contribution in [-0.2, 0) is 26.2 Å². The van der Waals surface area contributed by atoms with Crippen molar-refractivity contribution in [1.82, 2.24) is 10.2 Å². The number of sulfonamides is 1. The summed E-state index contributed by atoms with van der Waals surface area (Å²) < 4.78 is 29.2. The van der Waals surface area contributed by atoms with Gasteiger partial charge in [-0.1, -0.05) is 64.0 Å². The number of anilines is 1. The molecule has 0 heterocycles. The molecule has 7 nitrogen and oxygen atoms in total. The number of carbonyl (C=O) groups excluding carboxylic acids is 2. The largest absolute Gasteiger partial charge is 0.357 e. The van der Waals surface area contributed by atoms with Crippen LogP contribution in [-0.4, -0.2) is 44.8 Å². The van der Waals surface area contributed by atoms with Crippen LogP contribution >= 0.6 is 15.9 Å². The number of hydrogen-bond donors (Lipinski definition) is 1. The molecule has 1 unspecified atom stereocenters. The summed E-state index contributed by atoms with van der Waals surface area (Å²) in [5.41, 5.74) is 2.14. The molecule has 0 aliphatic rings. The van der Waals surface area contributed by atoms with Crippen molar-refractivity contribution in [1.29, 1.82) is 0 Å². The van der Waals surface area contributed by atoms with Crippen molar-refractivity contribution in [2.75, 3.05) is 17.9 Å². The van der Waals surface area contributed by atoms with E-state index in [1.54, 1.807) is 49.4 Å². The summed E-state index contributed by atoms with van der Waals surface area (Å²) in [5.74, 6) is -0.840. The molecule has 0 spiro atoms. The lowest BCUT2D eigenvalue weighted by atomic mass is 10.1. The SMILES string of the molecule is CNC(=O)C(C)N(Cc1ccc(Br)cc1)C(=O)CN(c1ccc(C)cc1)S(=O)(=O)c1ccccc1. The number of nitrogens with zero attached hydrogens (tertiary/aromatic N) is 2. The Hall–Kier alpha value is -3.17. The van der Waals surface area contributed by atoms with E-state index >= 15 is 0 Å². The van der Waals surface area contributed by atoms with Gasteiger partial charge < -0.3 is 10.2 Å². The molecule has 3 rings (SSSR count). The van der Waals surface area contributed by atoms with Crippen molar-refractivity contribution in [3.05, 3.63) is 94.5 Å². The molecule has 1 N–H and O–H groups in total. The molecule has 3 aromatic rings. The fraction of sp³-hybridized carbons (Fsp3) is 0.231. The van der Waals surface area contributed by atoms with Crippen LogP contribution in [0.3, 0.4) is 0 Å². The molecule has 0 aliphatic carbocycles. The fourth-order valence-electron chi connectivity index (χ4n) is 3.54. The number of halogens is 1. The zero-order valence-electron chi connectivity index (χ0n) is 19.8. The fourth-order valence-corrected chi connectivity index (χ4v) is 5.24. The zero-order valence-corrected chi connectivity index (χ0v) is 22.2. The van der Waals surface area contributed by atoms with Crippen LogP contribution in [0, 0.1) is 6.92 Å².